The van der Waals surface area contributed by atoms with Gasteiger partial charge in [0, 0.05) is 28.9 Å². The number of aryl methyl sites for hydroxylation is 1. The Hall–Kier alpha value is -3.62. The van der Waals surface area contributed by atoms with E-state index in [9.17, 15) is 4.79 Å². The molecule has 0 unspecified atom stereocenters. The number of rotatable bonds is 7. The van der Waals surface area contributed by atoms with Gasteiger partial charge < -0.3 is 20.0 Å². The number of hydrogen-bond acceptors (Lipinski definition) is 5. The average molecular weight is 515 g/mol. The number of carbonyl (C=O) groups excluding carboxylic acids is 1. The molecule has 0 bridgehead atoms. The van der Waals surface area contributed by atoms with Crippen molar-refractivity contribution in [3.05, 3.63) is 102 Å². The minimum absolute atomic E-state index is 0.0173. The Bertz CT molecular complexity index is 1370. The summed E-state index contributed by atoms with van der Waals surface area (Å²) in [5, 5.41) is 7.82. The molecule has 182 valence electrons. The number of benzene rings is 2. The van der Waals surface area contributed by atoms with Gasteiger partial charge in [-0.1, -0.05) is 43.0 Å². The maximum Gasteiger partial charge on any atom is 0.224 e. The molecule has 6 nitrogen and oxygen atoms in total. The maximum absolute atomic E-state index is 11.9. The van der Waals surface area contributed by atoms with Crippen molar-refractivity contribution in [3.63, 3.8) is 0 Å². The fourth-order valence-electron chi connectivity index (χ4n) is 4.25. The van der Waals surface area contributed by atoms with E-state index in [4.69, 9.17) is 16.6 Å². The third-order valence-corrected chi connectivity index (χ3v) is 7.28. The SMILES string of the molecule is CCC(=O)Nc1ccc(N2C(=S)N[C@@H](c3ccccn3)[C@H]2c2ccc(Sc3ccccc3)o2)cc1C. The van der Waals surface area contributed by atoms with Crippen molar-refractivity contribution in [3.8, 4) is 0 Å². The minimum atomic E-state index is -0.243. The number of carbonyl (C=O) groups is 1. The highest BCUT2D eigenvalue weighted by molar-refractivity contribution is 7.99. The summed E-state index contributed by atoms with van der Waals surface area (Å²) in [6.45, 7) is 3.82. The molecule has 1 aliphatic heterocycles. The summed E-state index contributed by atoms with van der Waals surface area (Å²) >= 11 is 7.40. The number of furan rings is 1. The van der Waals surface area contributed by atoms with Crippen LogP contribution in [0.4, 0.5) is 11.4 Å². The van der Waals surface area contributed by atoms with Gasteiger partial charge in [0.15, 0.2) is 10.2 Å². The standard InChI is InChI=1S/C28H26N4O2S2/c1-3-24(33)30-21-13-12-19(17-18(21)2)32-27(26(31-28(32)35)22-11-7-8-16-29-22)23-14-15-25(34-23)36-20-9-5-4-6-10-20/h4-17,26-27H,3H2,1-2H3,(H,30,33)(H,31,35)/t26-,27+/m0/s1. The van der Waals surface area contributed by atoms with Crippen molar-refractivity contribution in [2.45, 2.75) is 42.3 Å². The Morgan fingerprint density at radius 1 is 1.11 bits per heavy atom. The lowest BCUT2D eigenvalue weighted by Gasteiger charge is -2.26. The van der Waals surface area contributed by atoms with E-state index in [-0.39, 0.29) is 18.0 Å². The number of thiocarbonyl (C=S) groups is 1. The first kappa shape index (κ1) is 24.1. The van der Waals surface area contributed by atoms with E-state index >= 15 is 0 Å². The van der Waals surface area contributed by atoms with E-state index in [1.165, 1.54) is 0 Å². The van der Waals surface area contributed by atoms with E-state index in [0.717, 1.165) is 38.4 Å². The number of nitrogens with zero attached hydrogens (tertiary/aromatic N) is 2. The van der Waals surface area contributed by atoms with Gasteiger partial charge in [-0.25, -0.2) is 0 Å². The van der Waals surface area contributed by atoms with Crippen molar-refractivity contribution < 1.29 is 9.21 Å². The fourth-order valence-corrected chi connectivity index (χ4v) is 5.40. The molecule has 2 aromatic heterocycles. The minimum Gasteiger partial charge on any atom is -0.452 e. The summed E-state index contributed by atoms with van der Waals surface area (Å²) in [6.07, 6.45) is 2.21. The summed E-state index contributed by atoms with van der Waals surface area (Å²) < 4.78 is 6.38. The second-order valence-electron chi connectivity index (χ2n) is 8.47. The molecule has 8 heteroatoms. The Morgan fingerprint density at radius 3 is 2.64 bits per heavy atom. The predicted octanol–water partition coefficient (Wildman–Crippen LogP) is 6.66. The predicted molar refractivity (Wildman–Crippen MR) is 147 cm³/mol. The Balaban J connectivity index is 1.51. The van der Waals surface area contributed by atoms with Crippen LogP contribution in [0, 0.1) is 6.92 Å². The van der Waals surface area contributed by atoms with Crippen LogP contribution in [-0.2, 0) is 4.79 Å². The van der Waals surface area contributed by atoms with Crippen LogP contribution in [-0.4, -0.2) is 16.0 Å². The molecule has 4 aromatic rings. The van der Waals surface area contributed by atoms with E-state index < -0.39 is 0 Å². The van der Waals surface area contributed by atoms with Crippen molar-refractivity contribution in [2.24, 2.45) is 0 Å². The molecule has 5 rings (SSSR count). The van der Waals surface area contributed by atoms with Gasteiger partial charge in [-0.05, 0) is 79.3 Å². The van der Waals surface area contributed by atoms with Crippen LogP contribution >= 0.6 is 24.0 Å². The molecular formula is C28H26N4O2S2. The lowest BCUT2D eigenvalue weighted by molar-refractivity contribution is -0.115. The molecule has 1 amide bonds. The Kier molecular flexibility index (Phi) is 7.06. The highest BCUT2D eigenvalue weighted by Crippen LogP contribution is 2.44. The molecule has 0 radical (unpaired) electrons. The number of anilines is 2. The molecule has 0 spiro atoms. The molecule has 0 saturated carbocycles. The first-order valence-corrected chi connectivity index (χ1v) is 13.0. The first-order chi connectivity index (χ1) is 17.5. The lowest BCUT2D eigenvalue weighted by Crippen LogP contribution is -2.29. The summed E-state index contributed by atoms with van der Waals surface area (Å²) in [5.74, 6) is 0.772. The Labute approximate surface area is 220 Å². The summed E-state index contributed by atoms with van der Waals surface area (Å²) in [5.41, 5.74) is 3.54. The number of nitrogens with one attached hydrogen (secondary N) is 2. The second kappa shape index (κ2) is 10.6. The van der Waals surface area contributed by atoms with Gasteiger partial charge in [0.05, 0.1) is 11.7 Å². The van der Waals surface area contributed by atoms with E-state index in [2.05, 4.69) is 32.7 Å². The molecule has 1 saturated heterocycles. The van der Waals surface area contributed by atoms with E-state index in [1.807, 2.05) is 80.6 Å². The summed E-state index contributed by atoms with van der Waals surface area (Å²) in [7, 11) is 0. The Morgan fingerprint density at radius 2 is 1.92 bits per heavy atom. The van der Waals surface area contributed by atoms with Crippen molar-refractivity contribution in [2.75, 3.05) is 10.2 Å². The average Bonchev–Trinajstić information content (AvgIpc) is 3.50. The lowest BCUT2D eigenvalue weighted by atomic mass is 10.0. The highest BCUT2D eigenvalue weighted by atomic mass is 32.2. The molecular weight excluding hydrogens is 488 g/mol. The van der Waals surface area contributed by atoms with Crippen LogP contribution in [0.2, 0.25) is 0 Å². The fraction of sp³-hybridized carbons (Fsp3) is 0.179. The molecule has 2 atom stereocenters. The maximum atomic E-state index is 11.9. The smallest absolute Gasteiger partial charge is 0.224 e. The number of pyridine rings is 1. The van der Waals surface area contributed by atoms with Gasteiger partial charge in [0.1, 0.15) is 11.8 Å². The summed E-state index contributed by atoms with van der Waals surface area (Å²) in [4.78, 5) is 19.7. The van der Waals surface area contributed by atoms with Crippen molar-refractivity contribution in [1.82, 2.24) is 10.3 Å². The monoisotopic (exact) mass is 514 g/mol. The molecule has 2 N–H and O–H groups in total. The van der Waals surface area contributed by atoms with Crippen LogP contribution in [0.3, 0.4) is 0 Å². The van der Waals surface area contributed by atoms with Gasteiger partial charge in [0.2, 0.25) is 5.91 Å². The van der Waals surface area contributed by atoms with Crippen LogP contribution in [0.1, 0.15) is 42.4 Å². The van der Waals surface area contributed by atoms with Crippen LogP contribution in [0.15, 0.2) is 99.5 Å². The van der Waals surface area contributed by atoms with Crippen LogP contribution < -0.4 is 15.5 Å². The molecule has 1 fully saturated rings. The normalized spacial score (nSPS) is 17.2. The van der Waals surface area contributed by atoms with Gasteiger partial charge in [-0.15, -0.1) is 0 Å². The third kappa shape index (κ3) is 5.01. The largest absolute Gasteiger partial charge is 0.452 e. The molecule has 3 heterocycles. The van der Waals surface area contributed by atoms with Gasteiger partial charge in [0.25, 0.3) is 0 Å². The van der Waals surface area contributed by atoms with Crippen molar-refractivity contribution in [1.29, 1.82) is 0 Å². The van der Waals surface area contributed by atoms with Crippen LogP contribution in [0.25, 0.3) is 0 Å². The number of hydrogen-bond donors (Lipinski definition) is 2. The number of aromatic nitrogens is 1. The molecule has 36 heavy (non-hydrogen) atoms. The first-order valence-electron chi connectivity index (χ1n) is 11.8. The zero-order valence-corrected chi connectivity index (χ0v) is 21.6. The zero-order valence-electron chi connectivity index (χ0n) is 20.0. The van der Waals surface area contributed by atoms with Gasteiger partial charge in [-0.3, -0.25) is 9.78 Å². The van der Waals surface area contributed by atoms with Crippen molar-refractivity contribution >= 4 is 46.4 Å². The van der Waals surface area contributed by atoms with E-state index in [1.54, 1.807) is 18.0 Å². The molecule has 2 aromatic carbocycles. The zero-order chi connectivity index (χ0) is 25.1. The molecule has 1 aliphatic rings. The topological polar surface area (TPSA) is 70.4 Å². The van der Waals surface area contributed by atoms with Crippen LogP contribution in [0.5, 0.6) is 0 Å². The summed E-state index contributed by atoms with van der Waals surface area (Å²) in [6, 6.07) is 25.5. The van der Waals surface area contributed by atoms with E-state index in [0.29, 0.717) is 11.5 Å². The van der Waals surface area contributed by atoms with Gasteiger partial charge in [-0.2, -0.15) is 0 Å². The molecule has 0 aliphatic carbocycles. The number of amides is 1. The highest BCUT2D eigenvalue weighted by Gasteiger charge is 2.42. The third-order valence-electron chi connectivity index (χ3n) is 6.04. The quantitative estimate of drug-likeness (QED) is 0.267. The second-order valence-corrected chi connectivity index (χ2v) is 9.93. The van der Waals surface area contributed by atoms with Gasteiger partial charge >= 0.3 is 0 Å².